The van der Waals surface area contributed by atoms with Crippen molar-refractivity contribution in [3.8, 4) is 0 Å². The van der Waals surface area contributed by atoms with Crippen molar-refractivity contribution in [1.82, 2.24) is 10.2 Å². The summed E-state index contributed by atoms with van der Waals surface area (Å²) in [6, 6.07) is 3.33. The molecule has 0 aliphatic carbocycles. The first-order chi connectivity index (χ1) is 10.3. The summed E-state index contributed by atoms with van der Waals surface area (Å²) in [6.45, 7) is 6.23. The molecule has 0 aromatic carbocycles. The summed E-state index contributed by atoms with van der Waals surface area (Å²) in [6.07, 6.45) is 2.72. The van der Waals surface area contributed by atoms with Crippen LogP contribution in [0.1, 0.15) is 24.4 Å². The van der Waals surface area contributed by atoms with Crippen molar-refractivity contribution in [3.63, 3.8) is 0 Å². The SMILES string of the molecule is CC(C)[C@H]1CN(CCS(C)(=O)=O)C[C@@H]1NC(=O)c1ccco1.Cl. The highest BCUT2D eigenvalue weighted by Crippen LogP contribution is 2.24. The van der Waals surface area contributed by atoms with Gasteiger partial charge >= 0.3 is 0 Å². The summed E-state index contributed by atoms with van der Waals surface area (Å²) >= 11 is 0. The van der Waals surface area contributed by atoms with Crippen LogP contribution in [-0.4, -0.2) is 56.9 Å². The summed E-state index contributed by atoms with van der Waals surface area (Å²) < 4.78 is 27.7. The second-order valence-corrected chi connectivity index (χ2v) is 8.61. The van der Waals surface area contributed by atoms with Crippen molar-refractivity contribution in [1.29, 1.82) is 0 Å². The number of nitrogens with zero attached hydrogens (tertiary/aromatic N) is 1. The van der Waals surface area contributed by atoms with Crippen LogP contribution in [0.4, 0.5) is 0 Å². The fourth-order valence-corrected chi connectivity index (χ4v) is 3.46. The zero-order valence-corrected chi connectivity index (χ0v) is 15.3. The first kappa shape index (κ1) is 20.0. The molecule has 1 fully saturated rings. The maximum absolute atomic E-state index is 12.1. The Labute approximate surface area is 143 Å². The van der Waals surface area contributed by atoms with Gasteiger partial charge in [0, 0.05) is 31.9 Å². The highest BCUT2D eigenvalue weighted by atomic mass is 35.5. The van der Waals surface area contributed by atoms with Crippen LogP contribution in [0.25, 0.3) is 0 Å². The molecule has 8 heteroatoms. The first-order valence-corrected chi connectivity index (χ1v) is 9.57. The fourth-order valence-electron chi connectivity index (χ4n) is 2.87. The normalized spacial score (nSPS) is 22.1. The van der Waals surface area contributed by atoms with Crippen molar-refractivity contribution in [2.24, 2.45) is 11.8 Å². The average Bonchev–Trinajstić information content (AvgIpc) is 3.04. The number of carbonyl (C=O) groups is 1. The van der Waals surface area contributed by atoms with Gasteiger partial charge in [0.15, 0.2) is 5.76 Å². The van der Waals surface area contributed by atoms with Crippen molar-refractivity contribution < 1.29 is 17.6 Å². The molecule has 0 unspecified atom stereocenters. The maximum atomic E-state index is 12.1. The smallest absolute Gasteiger partial charge is 0.287 e. The van der Waals surface area contributed by atoms with Crippen LogP contribution >= 0.6 is 12.4 Å². The van der Waals surface area contributed by atoms with E-state index in [2.05, 4.69) is 24.1 Å². The number of hydrogen-bond acceptors (Lipinski definition) is 5. The van der Waals surface area contributed by atoms with E-state index < -0.39 is 9.84 Å². The lowest BCUT2D eigenvalue weighted by molar-refractivity contribution is 0.0897. The Bertz CT molecular complexity index is 601. The summed E-state index contributed by atoms with van der Waals surface area (Å²) in [4.78, 5) is 14.2. The lowest BCUT2D eigenvalue weighted by atomic mass is 9.91. The molecule has 23 heavy (non-hydrogen) atoms. The molecular weight excluding hydrogens is 340 g/mol. The number of nitrogens with one attached hydrogen (secondary N) is 1. The van der Waals surface area contributed by atoms with Crippen molar-refractivity contribution >= 4 is 28.2 Å². The summed E-state index contributed by atoms with van der Waals surface area (Å²) in [5.74, 6) is 0.947. The number of rotatable bonds is 6. The molecule has 0 spiro atoms. The van der Waals surface area contributed by atoms with Crippen molar-refractivity contribution in [2.45, 2.75) is 19.9 Å². The van der Waals surface area contributed by atoms with E-state index in [4.69, 9.17) is 4.42 Å². The topological polar surface area (TPSA) is 79.6 Å². The van der Waals surface area contributed by atoms with E-state index in [0.29, 0.717) is 30.7 Å². The molecular formula is C15H25ClN2O4S. The second kappa shape index (κ2) is 8.17. The van der Waals surface area contributed by atoms with Crippen LogP contribution in [0.3, 0.4) is 0 Å². The molecule has 2 rings (SSSR count). The predicted octanol–water partition coefficient (Wildman–Crippen LogP) is 1.43. The fraction of sp³-hybridized carbons (Fsp3) is 0.667. The van der Waals surface area contributed by atoms with Crippen LogP contribution in [0.2, 0.25) is 0 Å². The monoisotopic (exact) mass is 364 g/mol. The van der Waals surface area contributed by atoms with Crippen molar-refractivity contribution in [3.05, 3.63) is 24.2 Å². The Morgan fingerprint density at radius 1 is 1.43 bits per heavy atom. The number of carbonyl (C=O) groups excluding carboxylic acids is 1. The maximum Gasteiger partial charge on any atom is 0.287 e. The molecule has 1 amide bonds. The number of halogens is 1. The van der Waals surface area contributed by atoms with Crippen LogP contribution in [0.15, 0.2) is 22.8 Å². The molecule has 1 aliphatic rings. The third-order valence-electron chi connectivity index (χ3n) is 4.14. The van der Waals surface area contributed by atoms with Crippen LogP contribution in [-0.2, 0) is 9.84 Å². The van der Waals surface area contributed by atoms with E-state index in [9.17, 15) is 13.2 Å². The van der Waals surface area contributed by atoms with Crippen molar-refractivity contribution in [2.75, 3.05) is 31.6 Å². The van der Waals surface area contributed by atoms with E-state index in [1.165, 1.54) is 12.5 Å². The molecule has 6 nitrogen and oxygen atoms in total. The van der Waals surface area contributed by atoms with Gasteiger partial charge in [0.2, 0.25) is 0 Å². The lowest BCUT2D eigenvalue weighted by Gasteiger charge is -2.22. The van der Waals surface area contributed by atoms with Gasteiger partial charge in [-0.2, -0.15) is 0 Å². The number of likely N-dealkylation sites (tertiary alicyclic amines) is 1. The van der Waals surface area contributed by atoms with E-state index in [0.717, 1.165) is 6.54 Å². The van der Waals surface area contributed by atoms with E-state index in [-0.39, 0.29) is 30.1 Å². The number of sulfone groups is 1. The first-order valence-electron chi connectivity index (χ1n) is 7.50. The van der Waals surface area contributed by atoms with Gasteiger partial charge in [0.1, 0.15) is 9.84 Å². The molecule has 0 saturated carbocycles. The van der Waals surface area contributed by atoms with Gasteiger partial charge in [-0.25, -0.2) is 8.42 Å². The quantitative estimate of drug-likeness (QED) is 0.826. The summed E-state index contributed by atoms with van der Waals surface area (Å²) in [5, 5.41) is 3.02. The molecule has 0 bridgehead atoms. The molecule has 2 heterocycles. The summed E-state index contributed by atoms with van der Waals surface area (Å²) in [5.41, 5.74) is 0. The number of hydrogen-bond donors (Lipinski definition) is 1. The second-order valence-electron chi connectivity index (χ2n) is 6.35. The highest BCUT2D eigenvalue weighted by molar-refractivity contribution is 7.90. The van der Waals surface area contributed by atoms with Crippen LogP contribution in [0.5, 0.6) is 0 Å². The van der Waals surface area contributed by atoms with Gasteiger partial charge in [-0.3, -0.25) is 9.69 Å². The predicted molar refractivity (Wildman–Crippen MR) is 91.7 cm³/mol. The molecule has 2 atom stereocenters. The average molecular weight is 365 g/mol. The molecule has 1 aromatic rings. The Kier molecular flexibility index (Phi) is 7.10. The molecule has 0 radical (unpaired) electrons. The van der Waals surface area contributed by atoms with Gasteiger partial charge in [0.05, 0.1) is 12.0 Å². The molecule has 132 valence electrons. The van der Waals surface area contributed by atoms with Gasteiger partial charge in [-0.15, -0.1) is 12.4 Å². The van der Waals surface area contributed by atoms with E-state index >= 15 is 0 Å². The van der Waals surface area contributed by atoms with Crippen LogP contribution < -0.4 is 5.32 Å². The van der Waals surface area contributed by atoms with Crippen LogP contribution in [0, 0.1) is 11.8 Å². The highest BCUT2D eigenvalue weighted by Gasteiger charge is 2.36. The zero-order chi connectivity index (χ0) is 16.3. The minimum Gasteiger partial charge on any atom is -0.459 e. The van der Waals surface area contributed by atoms with Gasteiger partial charge < -0.3 is 9.73 Å². The molecule has 1 saturated heterocycles. The third-order valence-corrected chi connectivity index (χ3v) is 5.06. The molecule has 1 aliphatic heterocycles. The Morgan fingerprint density at radius 2 is 2.13 bits per heavy atom. The summed E-state index contributed by atoms with van der Waals surface area (Å²) in [7, 11) is -2.97. The Hall–Kier alpha value is -1.05. The largest absolute Gasteiger partial charge is 0.459 e. The number of furan rings is 1. The van der Waals surface area contributed by atoms with Gasteiger partial charge in [-0.05, 0) is 24.0 Å². The minimum atomic E-state index is -2.97. The van der Waals surface area contributed by atoms with Gasteiger partial charge in [-0.1, -0.05) is 13.8 Å². The molecule has 1 N–H and O–H groups in total. The molecule has 1 aromatic heterocycles. The minimum absolute atomic E-state index is 0. The zero-order valence-electron chi connectivity index (χ0n) is 13.7. The van der Waals surface area contributed by atoms with E-state index in [1.807, 2.05) is 0 Å². The Morgan fingerprint density at radius 3 is 2.65 bits per heavy atom. The standard InChI is InChI=1S/C15H24N2O4S.ClH/c1-11(2)12-9-17(6-8-22(3,19)20)10-13(12)16-15(18)14-5-4-7-21-14;/h4-5,7,11-13H,6,8-10H2,1-3H3,(H,16,18);1H/t12-,13+;/m1./s1. The van der Waals surface area contributed by atoms with E-state index in [1.54, 1.807) is 12.1 Å². The third kappa shape index (κ3) is 5.82. The Balaban J connectivity index is 0.00000264. The lowest BCUT2D eigenvalue weighted by Crippen LogP contribution is -2.42. The van der Waals surface area contributed by atoms with Gasteiger partial charge in [0.25, 0.3) is 5.91 Å². The number of amides is 1.